The van der Waals surface area contributed by atoms with Gasteiger partial charge in [0.1, 0.15) is 0 Å². The first-order valence-corrected chi connectivity index (χ1v) is 17.7. The van der Waals surface area contributed by atoms with Crippen molar-refractivity contribution in [2.24, 2.45) is 0 Å². The Hall–Kier alpha value is -1.61. The number of hydrogen-bond donors (Lipinski definition) is 0. The fourth-order valence-electron chi connectivity index (χ4n) is 5.70. The summed E-state index contributed by atoms with van der Waals surface area (Å²) in [4.78, 5) is 14.3. The topological polar surface area (TPSA) is 36.0 Å². The Balaban J connectivity index is 3.17. The van der Waals surface area contributed by atoms with Gasteiger partial charge in [-0.15, -0.1) is 9.34 Å². The van der Waals surface area contributed by atoms with Crippen molar-refractivity contribution >= 4 is 27.1 Å². The number of carbonyl (C=O) groups excluding carboxylic acids is 1. The summed E-state index contributed by atoms with van der Waals surface area (Å²) in [6, 6.07) is 17.7. The van der Waals surface area contributed by atoms with Crippen molar-refractivity contribution in [3.8, 4) is 0 Å². The molecule has 228 valence electrons. The quantitative estimate of drug-likeness (QED) is 0.214. The zero-order chi connectivity index (χ0) is 31.2. The molecule has 2 rings (SSSR count). The molecule has 0 atom stereocenters. The molecule has 0 aliphatic rings. The maximum atomic E-state index is 14.3. The molecule has 0 aliphatic carbocycles. The van der Waals surface area contributed by atoms with E-state index in [1.165, 1.54) is 10.6 Å². The van der Waals surface area contributed by atoms with E-state index in [1.807, 2.05) is 31.2 Å². The first-order valence-electron chi connectivity index (χ1n) is 15.3. The zero-order valence-electron chi connectivity index (χ0n) is 28.1. The SMILES string of the molecule is Cc1ccc(C(=O)O[P+](C(=PN(C(C)C)C(C)C)c2ccc(C)cc2)(N(C(C)C)C(C)C)N(C(C)C)C(C)C)cc1. The average molecular weight is 601 g/mol. The Morgan fingerprint density at radius 1 is 0.585 bits per heavy atom. The lowest BCUT2D eigenvalue weighted by Gasteiger charge is -2.47. The molecule has 0 heterocycles. The van der Waals surface area contributed by atoms with E-state index < -0.39 is 7.79 Å². The lowest BCUT2D eigenvalue weighted by molar-refractivity contribution is 0.0693. The van der Waals surface area contributed by atoms with Crippen molar-refractivity contribution in [1.82, 2.24) is 14.0 Å². The second kappa shape index (κ2) is 15.2. The normalized spacial score (nSPS) is 13.4. The highest BCUT2D eigenvalue weighted by molar-refractivity contribution is 7.92. The summed E-state index contributed by atoms with van der Waals surface area (Å²) in [7, 11) is -1.91. The molecule has 0 fully saturated rings. The Morgan fingerprint density at radius 3 is 1.24 bits per heavy atom. The van der Waals surface area contributed by atoms with Crippen LogP contribution in [0.3, 0.4) is 0 Å². The van der Waals surface area contributed by atoms with Crippen molar-refractivity contribution in [2.45, 2.75) is 133 Å². The van der Waals surface area contributed by atoms with E-state index in [2.05, 4.69) is 128 Å². The third kappa shape index (κ3) is 8.49. The van der Waals surface area contributed by atoms with Crippen LogP contribution in [-0.2, 0) is 4.52 Å². The summed E-state index contributed by atoms with van der Waals surface area (Å²) in [5, 5.41) is 1.17. The lowest BCUT2D eigenvalue weighted by atomic mass is 10.2. The number of nitrogens with zero attached hydrogens (tertiary/aromatic N) is 3. The monoisotopic (exact) mass is 600 g/mol. The van der Waals surface area contributed by atoms with Crippen LogP contribution in [0.5, 0.6) is 0 Å². The Morgan fingerprint density at radius 2 is 0.927 bits per heavy atom. The van der Waals surface area contributed by atoms with Crippen LogP contribution in [-0.4, -0.2) is 61.3 Å². The number of hydrogen-bond acceptors (Lipinski definition) is 5. The van der Waals surface area contributed by atoms with Gasteiger partial charge in [-0.1, -0.05) is 47.5 Å². The standard InChI is InChI=1S/C34H56N3O2P2/c1-23(2)35(24(3)4)40-34(32-21-17-30(14)18-22-32)41(36(25(5)6)26(7)8,37(27(9)10)28(11)12)39-33(38)31-19-15-29(13)16-20-31/h15-28H,1-14H3/q+1. The van der Waals surface area contributed by atoms with Crippen LogP contribution < -0.4 is 0 Å². The Bertz CT molecular complexity index is 1100. The third-order valence-electron chi connectivity index (χ3n) is 7.09. The predicted octanol–water partition coefficient (Wildman–Crippen LogP) is 9.62. The van der Waals surface area contributed by atoms with Gasteiger partial charge in [-0.2, -0.15) is 0 Å². The summed E-state index contributed by atoms with van der Waals surface area (Å²) in [6.45, 7) is 31.1. The van der Waals surface area contributed by atoms with Crippen LogP contribution in [0.15, 0.2) is 48.5 Å². The second-order valence-corrected chi connectivity index (χ2v) is 16.9. The van der Waals surface area contributed by atoms with Crippen molar-refractivity contribution in [2.75, 3.05) is 0 Å². The van der Waals surface area contributed by atoms with Gasteiger partial charge in [0, 0.05) is 50.2 Å². The van der Waals surface area contributed by atoms with Crippen molar-refractivity contribution in [3.05, 3.63) is 70.8 Å². The molecule has 0 saturated heterocycles. The molecular weight excluding hydrogens is 544 g/mol. The van der Waals surface area contributed by atoms with E-state index in [1.54, 1.807) is 0 Å². The highest BCUT2D eigenvalue weighted by Gasteiger charge is 2.64. The van der Waals surface area contributed by atoms with E-state index in [9.17, 15) is 4.79 Å². The Kier molecular flexibility index (Phi) is 13.2. The molecule has 0 radical (unpaired) electrons. The first-order chi connectivity index (χ1) is 19.0. The Labute approximate surface area is 254 Å². The van der Waals surface area contributed by atoms with Crippen molar-refractivity contribution in [1.29, 1.82) is 0 Å². The van der Waals surface area contributed by atoms with Crippen molar-refractivity contribution in [3.63, 3.8) is 0 Å². The van der Waals surface area contributed by atoms with E-state index in [-0.39, 0.29) is 30.1 Å². The van der Waals surface area contributed by atoms with Crippen LogP contribution in [0, 0.1) is 13.8 Å². The fraction of sp³-hybridized carbons (Fsp3) is 0.588. The summed E-state index contributed by atoms with van der Waals surface area (Å²) >= 11 is 0. The highest BCUT2D eigenvalue weighted by Crippen LogP contribution is 2.73. The molecule has 0 unspecified atom stereocenters. The number of carbonyl (C=O) groups is 1. The van der Waals surface area contributed by atoms with Gasteiger partial charge in [0.2, 0.25) is 5.03 Å². The van der Waals surface area contributed by atoms with E-state index in [0.717, 1.165) is 19.5 Å². The molecule has 41 heavy (non-hydrogen) atoms. The molecule has 0 saturated carbocycles. The van der Waals surface area contributed by atoms with Gasteiger partial charge in [0.05, 0.1) is 5.56 Å². The molecule has 5 nitrogen and oxygen atoms in total. The second-order valence-electron chi connectivity index (χ2n) is 12.8. The summed E-state index contributed by atoms with van der Waals surface area (Å²) in [5.41, 5.74) is 4.05. The van der Waals surface area contributed by atoms with Crippen LogP contribution in [0.25, 0.3) is 0 Å². The van der Waals surface area contributed by atoms with Crippen LogP contribution in [0.4, 0.5) is 0 Å². The van der Waals surface area contributed by atoms with Crippen LogP contribution in [0.2, 0.25) is 0 Å². The van der Waals surface area contributed by atoms with E-state index in [0.29, 0.717) is 17.6 Å². The molecule has 2 aromatic rings. The van der Waals surface area contributed by atoms with Crippen molar-refractivity contribution < 1.29 is 9.32 Å². The maximum absolute atomic E-state index is 14.3. The van der Waals surface area contributed by atoms with Gasteiger partial charge in [0.25, 0.3) is 0 Å². The molecule has 0 aromatic heterocycles. The number of aryl methyl sites for hydroxylation is 2. The first kappa shape index (κ1) is 35.6. The largest absolute Gasteiger partial charge is 0.386 e. The molecule has 0 bridgehead atoms. The summed E-state index contributed by atoms with van der Waals surface area (Å²) in [5.74, 6) is -0.267. The molecule has 2 aromatic carbocycles. The molecule has 0 N–H and O–H groups in total. The van der Waals surface area contributed by atoms with Gasteiger partial charge in [-0.3, -0.25) is 4.52 Å². The van der Waals surface area contributed by atoms with Gasteiger partial charge >= 0.3 is 13.8 Å². The average Bonchev–Trinajstić information content (AvgIpc) is 2.84. The van der Waals surface area contributed by atoms with Crippen LogP contribution >= 0.6 is 16.1 Å². The minimum Gasteiger partial charge on any atom is -0.263 e. The van der Waals surface area contributed by atoms with Gasteiger partial charge < -0.3 is 0 Å². The fourth-order valence-corrected chi connectivity index (χ4v) is 12.4. The minimum absolute atomic E-state index is 0.136. The molecule has 0 amide bonds. The number of rotatable bonds is 13. The van der Waals surface area contributed by atoms with Crippen LogP contribution in [0.1, 0.15) is 110 Å². The molecule has 0 spiro atoms. The third-order valence-corrected chi connectivity index (χ3v) is 14.1. The number of benzene rings is 2. The maximum Gasteiger partial charge on any atom is 0.386 e. The molecule has 7 heteroatoms. The summed E-state index contributed by atoms with van der Waals surface area (Å²) < 4.78 is 14.7. The highest BCUT2D eigenvalue weighted by atomic mass is 31.2. The molecule has 0 aliphatic heterocycles. The van der Waals surface area contributed by atoms with E-state index >= 15 is 0 Å². The lowest BCUT2D eigenvalue weighted by Crippen LogP contribution is -2.52. The van der Waals surface area contributed by atoms with Gasteiger partial charge in [-0.05, 0) is 109 Å². The van der Waals surface area contributed by atoms with Gasteiger partial charge in [0.15, 0.2) is 0 Å². The van der Waals surface area contributed by atoms with E-state index in [4.69, 9.17) is 4.52 Å². The zero-order valence-corrected chi connectivity index (χ0v) is 29.9. The molecular formula is C34H56N3O2P2+. The van der Waals surface area contributed by atoms with Gasteiger partial charge in [-0.25, -0.2) is 9.46 Å². The summed E-state index contributed by atoms with van der Waals surface area (Å²) in [6.07, 6.45) is 0. The smallest absolute Gasteiger partial charge is 0.263 e. The predicted molar refractivity (Wildman–Crippen MR) is 182 cm³/mol. The minimum atomic E-state index is -2.98.